The van der Waals surface area contributed by atoms with Gasteiger partial charge in [0.1, 0.15) is 6.33 Å². The summed E-state index contributed by atoms with van der Waals surface area (Å²) < 4.78 is 2.11. The summed E-state index contributed by atoms with van der Waals surface area (Å²) in [5.74, 6) is 0. The topological polar surface area (TPSA) is 30.7 Å². The van der Waals surface area contributed by atoms with E-state index in [1.54, 1.807) is 0 Å². The third-order valence-corrected chi connectivity index (χ3v) is 3.56. The predicted octanol–water partition coefficient (Wildman–Crippen LogP) is 4.09. The van der Waals surface area contributed by atoms with Crippen LogP contribution in [0.5, 0.6) is 0 Å². The second-order valence-electron chi connectivity index (χ2n) is 4.84. The van der Waals surface area contributed by atoms with Crippen LogP contribution in [0.15, 0.2) is 79.3 Å². The molecule has 0 saturated heterocycles. The van der Waals surface area contributed by atoms with E-state index in [1.165, 1.54) is 0 Å². The molecule has 0 unspecified atom stereocenters. The molecule has 0 radical (unpaired) electrons. The zero-order valence-electron chi connectivity index (χ0n) is 11.3. The Morgan fingerprint density at radius 3 is 2.43 bits per heavy atom. The van der Waals surface area contributed by atoms with Gasteiger partial charge in [-0.05, 0) is 30.3 Å². The molecule has 0 atom stereocenters. The number of fused-ring (bicyclic) bond motifs is 1. The van der Waals surface area contributed by atoms with Crippen LogP contribution in [-0.2, 0) is 0 Å². The molecule has 0 aliphatic rings. The molecule has 0 aliphatic carbocycles. The van der Waals surface area contributed by atoms with Gasteiger partial charge in [0.15, 0.2) is 0 Å². The number of hydrogen-bond donors (Lipinski definition) is 0. The Morgan fingerprint density at radius 1 is 0.714 bits per heavy atom. The quantitative estimate of drug-likeness (QED) is 0.550. The highest BCUT2D eigenvalue weighted by molar-refractivity contribution is 5.80. The summed E-state index contributed by atoms with van der Waals surface area (Å²) >= 11 is 0. The highest BCUT2D eigenvalue weighted by atomic mass is 15.1. The van der Waals surface area contributed by atoms with Crippen LogP contribution >= 0.6 is 0 Å². The van der Waals surface area contributed by atoms with E-state index in [2.05, 4.69) is 32.7 Å². The van der Waals surface area contributed by atoms with E-state index in [0.717, 1.165) is 28.0 Å². The van der Waals surface area contributed by atoms with Crippen molar-refractivity contribution < 1.29 is 0 Å². The molecule has 0 N–H and O–H groups in total. The molecular formula is C18H13N3. The molecule has 0 fully saturated rings. The Bertz CT molecular complexity index is 894. The monoisotopic (exact) mass is 271 g/mol. The van der Waals surface area contributed by atoms with Crippen LogP contribution < -0.4 is 0 Å². The summed E-state index contributed by atoms with van der Waals surface area (Å²) in [5, 5.41) is 0. The van der Waals surface area contributed by atoms with Crippen molar-refractivity contribution in [3.8, 4) is 16.9 Å². The first-order valence-corrected chi connectivity index (χ1v) is 6.86. The lowest BCUT2D eigenvalue weighted by molar-refractivity contribution is 1.09. The summed E-state index contributed by atoms with van der Waals surface area (Å²) in [6, 6.07) is 22.4. The molecule has 2 aromatic carbocycles. The van der Waals surface area contributed by atoms with Gasteiger partial charge in [-0.15, -0.1) is 0 Å². The second kappa shape index (κ2) is 4.87. The zero-order chi connectivity index (χ0) is 14.1. The van der Waals surface area contributed by atoms with E-state index >= 15 is 0 Å². The maximum Gasteiger partial charge on any atom is 0.100 e. The van der Waals surface area contributed by atoms with Gasteiger partial charge in [0, 0.05) is 11.8 Å². The fraction of sp³-hybridized carbons (Fsp3) is 0. The summed E-state index contributed by atoms with van der Waals surface area (Å²) in [4.78, 5) is 8.94. The number of para-hydroxylation sites is 3. The maximum atomic E-state index is 4.47. The van der Waals surface area contributed by atoms with E-state index < -0.39 is 0 Å². The maximum absolute atomic E-state index is 4.47. The average molecular weight is 271 g/mol. The van der Waals surface area contributed by atoms with Gasteiger partial charge in [0.25, 0.3) is 0 Å². The minimum atomic E-state index is 0.964. The van der Waals surface area contributed by atoms with Crippen LogP contribution in [-0.4, -0.2) is 14.5 Å². The van der Waals surface area contributed by atoms with E-state index in [-0.39, 0.29) is 0 Å². The van der Waals surface area contributed by atoms with Crippen LogP contribution in [0.25, 0.3) is 28.0 Å². The van der Waals surface area contributed by atoms with Gasteiger partial charge in [0.05, 0.1) is 22.4 Å². The largest absolute Gasteiger partial charge is 0.298 e. The van der Waals surface area contributed by atoms with E-state index in [1.807, 2.05) is 61.1 Å². The number of benzene rings is 2. The van der Waals surface area contributed by atoms with Crippen molar-refractivity contribution in [2.75, 3.05) is 0 Å². The number of hydrogen-bond acceptors (Lipinski definition) is 2. The molecule has 2 heterocycles. The highest BCUT2D eigenvalue weighted by Gasteiger charge is 2.10. The third kappa shape index (κ3) is 1.99. The molecule has 3 heteroatoms. The Morgan fingerprint density at radius 2 is 1.52 bits per heavy atom. The van der Waals surface area contributed by atoms with Crippen LogP contribution in [0.2, 0.25) is 0 Å². The van der Waals surface area contributed by atoms with Crippen molar-refractivity contribution in [3.05, 3.63) is 79.3 Å². The first-order valence-electron chi connectivity index (χ1n) is 6.86. The van der Waals surface area contributed by atoms with Gasteiger partial charge in [-0.25, -0.2) is 4.98 Å². The molecule has 2 aromatic heterocycles. The molecule has 4 aromatic rings. The smallest absolute Gasteiger partial charge is 0.100 e. The van der Waals surface area contributed by atoms with Gasteiger partial charge < -0.3 is 0 Å². The Labute approximate surface area is 122 Å². The van der Waals surface area contributed by atoms with Crippen LogP contribution in [0.1, 0.15) is 0 Å². The molecule has 100 valence electrons. The first kappa shape index (κ1) is 11.9. The third-order valence-electron chi connectivity index (χ3n) is 3.56. The molecule has 3 nitrogen and oxygen atoms in total. The first-order chi connectivity index (χ1) is 10.4. The summed E-state index contributed by atoms with van der Waals surface area (Å²) in [6.07, 6.45) is 3.69. The van der Waals surface area contributed by atoms with Gasteiger partial charge in [-0.2, -0.15) is 0 Å². The summed E-state index contributed by atoms with van der Waals surface area (Å²) in [5.41, 5.74) is 5.24. The van der Waals surface area contributed by atoms with Crippen molar-refractivity contribution >= 4 is 11.0 Å². The number of aromatic nitrogens is 3. The van der Waals surface area contributed by atoms with E-state index in [0.29, 0.717) is 0 Å². The minimum Gasteiger partial charge on any atom is -0.298 e. The molecule has 0 amide bonds. The molecule has 21 heavy (non-hydrogen) atoms. The predicted molar refractivity (Wildman–Crippen MR) is 84.3 cm³/mol. The Hall–Kier alpha value is -2.94. The highest BCUT2D eigenvalue weighted by Crippen LogP contribution is 2.27. The van der Waals surface area contributed by atoms with E-state index in [9.17, 15) is 0 Å². The van der Waals surface area contributed by atoms with Crippen molar-refractivity contribution in [1.82, 2.24) is 14.5 Å². The molecular weight excluding hydrogens is 258 g/mol. The second-order valence-corrected chi connectivity index (χ2v) is 4.84. The Kier molecular flexibility index (Phi) is 2.75. The average Bonchev–Trinajstić information content (AvgIpc) is 3.00. The number of pyridine rings is 1. The van der Waals surface area contributed by atoms with Crippen LogP contribution in [0.4, 0.5) is 0 Å². The van der Waals surface area contributed by atoms with Crippen molar-refractivity contribution in [2.24, 2.45) is 0 Å². The van der Waals surface area contributed by atoms with Gasteiger partial charge >= 0.3 is 0 Å². The fourth-order valence-corrected chi connectivity index (χ4v) is 2.57. The van der Waals surface area contributed by atoms with Crippen LogP contribution in [0, 0.1) is 0 Å². The molecule has 0 saturated carbocycles. The minimum absolute atomic E-state index is 0.964. The molecule has 0 spiro atoms. The summed E-state index contributed by atoms with van der Waals surface area (Å²) in [6.45, 7) is 0. The molecule has 0 aliphatic heterocycles. The summed E-state index contributed by atoms with van der Waals surface area (Å²) in [7, 11) is 0. The number of imidazole rings is 1. The van der Waals surface area contributed by atoms with Gasteiger partial charge in [-0.3, -0.25) is 9.55 Å². The normalized spacial score (nSPS) is 10.9. The number of nitrogens with zero attached hydrogens (tertiary/aromatic N) is 3. The molecule has 0 bridgehead atoms. The zero-order valence-corrected chi connectivity index (χ0v) is 11.3. The van der Waals surface area contributed by atoms with Crippen LogP contribution in [0.3, 0.4) is 0 Å². The van der Waals surface area contributed by atoms with Crippen molar-refractivity contribution in [3.63, 3.8) is 0 Å². The number of rotatable bonds is 2. The lowest BCUT2D eigenvalue weighted by Crippen LogP contribution is -1.96. The molecule has 4 rings (SSSR count). The Balaban J connectivity index is 1.98. The lowest BCUT2D eigenvalue weighted by Gasteiger charge is -2.10. The fourth-order valence-electron chi connectivity index (χ4n) is 2.57. The van der Waals surface area contributed by atoms with E-state index in [4.69, 9.17) is 0 Å². The van der Waals surface area contributed by atoms with Crippen molar-refractivity contribution in [1.29, 1.82) is 0 Å². The van der Waals surface area contributed by atoms with Gasteiger partial charge in [0.2, 0.25) is 0 Å². The van der Waals surface area contributed by atoms with Gasteiger partial charge in [-0.1, -0.05) is 36.4 Å². The lowest BCUT2D eigenvalue weighted by atomic mass is 10.1. The standard InChI is InChI=1S/C18H13N3/c1-3-10-17(14(7-1)15-8-5-6-12-19-15)21-13-20-16-9-2-4-11-18(16)21/h1-13H. The SMILES string of the molecule is c1ccc(-c2ccccc2-n2cnc3ccccc32)nc1. The van der Waals surface area contributed by atoms with Crippen molar-refractivity contribution in [2.45, 2.75) is 0 Å².